The van der Waals surface area contributed by atoms with E-state index >= 15 is 0 Å². The molecule has 0 amide bonds. The molecule has 0 unspecified atom stereocenters. The van der Waals surface area contributed by atoms with E-state index in [0.717, 1.165) is 17.7 Å². The van der Waals surface area contributed by atoms with Crippen LogP contribution in [-0.2, 0) is 6.42 Å². The molecule has 0 aromatic heterocycles. The van der Waals surface area contributed by atoms with Crippen LogP contribution in [0.2, 0.25) is 0 Å². The van der Waals surface area contributed by atoms with Crippen molar-refractivity contribution in [3.05, 3.63) is 41.5 Å². The SMILES string of the molecule is COc1cc(CCC(=O)c2c(O)cc(O)cc2O)cc(OC)c1. The summed E-state index contributed by atoms with van der Waals surface area (Å²) in [4.78, 5) is 12.2. The number of carbonyl (C=O) groups is 1. The Kier molecular flexibility index (Phi) is 4.95. The first-order valence-corrected chi connectivity index (χ1v) is 6.94. The molecule has 0 aliphatic carbocycles. The molecular weight excluding hydrogens is 300 g/mol. The fourth-order valence-electron chi connectivity index (χ4n) is 2.28. The number of ketones is 1. The van der Waals surface area contributed by atoms with E-state index in [1.165, 1.54) is 14.2 Å². The molecule has 0 spiro atoms. The van der Waals surface area contributed by atoms with Gasteiger partial charge in [-0.25, -0.2) is 0 Å². The van der Waals surface area contributed by atoms with Gasteiger partial charge in [0.2, 0.25) is 0 Å². The molecule has 6 heteroatoms. The van der Waals surface area contributed by atoms with Crippen LogP contribution in [-0.4, -0.2) is 35.3 Å². The van der Waals surface area contributed by atoms with Gasteiger partial charge in [0.1, 0.15) is 34.3 Å². The molecule has 122 valence electrons. The second kappa shape index (κ2) is 6.91. The Bertz CT molecular complexity index is 678. The number of aryl methyl sites for hydroxylation is 1. The Hall–Kier alpha value is -2.89. The average molecular weight is 318 g/mol. The topological polar surface area (TPSA) is 96.2 Å². The number of methoxy groups -OCH3 is 2. The highest BCUT2D eigenvalue weighted by Crippen LogP contribution is 2.33. The van der Waals surface area contributed by atoms with E-state index in [9.17, 15) is 20.1 Å². The van der Waals surface area contributed by atoms with Crippen LogP contribution < -0.4 is 9.47 Å². The van der Waals surface area contributed by atoms with E-state index in [-0.39, 0.29) is 17.7 Å². The number of carbonyl (C=O) groups excluding carboxylic acids is 1. The summed E-state index contributed by atoms with van der Waals surface area (Å²) in [5.41, 5.74) is 0.630. The predicted molar refractivity (Wildman–Crippen MR) is 83.6 cm³/mol. The third kappa shape index (κ3) is 3.85. The lowest BCUT2D eigenvalue weighted by molar-refractivity contribution is 0.0977. The molecule has 2 aromatic carbocycles. The quantitative estimate of drug-likeness (QED) is 0.709. The van der Waals surface area contributed by atoms with Gasteiger partial charge in [-0.1, -0.05) is 0 Å². The van der Waals surface area contributed by atoms with E-state index in [0.29, 0.717) is 17.9 Å². The Morgan fingerprint density at radius 2 is 1.43 bits per heavy atom. The molecule has 0 saturated heterocycles. The van der Waals surface area contributed by atoms with Gasteiger partial charge in [-0.3, -0.25) is 4.79 Å². The van der Waals surface area contributed by atoms with Crippen molar-refractivity contribution in [3.8, 4) is 28.7 Å². The van der Waals surface area contributed by atoms with Gasteiger partial charge in [0, 0.05) is 24.6 Å². The standard InChI is InChI=1S/C17H18O6/c1-22-12-5-10(6-13(9-12)23-2)3-4-14(19)17-15(20)7-11(18)8-16(17)21/h5-9,18,20-21H,3-4H2,1-2H3. The molecule has 23 heavy (non-hydrogen) atoms. The maximum absolute atomic E-state index is 12.2. The average Bonchev–Trinajstić information content (AvgIpc) is 2.51. The number of hydrogen-bond acceptors (Lipinski definition) is 6. The van der Waals surface area contributed by atoms with Crippen molar-refractivity contribution in [3.63, 3.8) is 0 Å². The maximum atomic E-state index is 12.2. The highest BCUT2D eigenvalue weighted by molar-refractivity contribution is 6.01. The lowest BCUT2D eigenvalue weighted by atomic mass is 10.0. The van der Waals surface area contributed by atoms with Crippen LogP contribution in [0.3, 0.4) is 0 Å². The lowest BCUT2D eigenvalue weighted by Crippen LogP contribution is -2.03. The number of Topliss-reactive ketones (excluding diaryl/α,β-unsaturated/α-hetero) is 1. The normalized spacial score (nSPS) is 10.3. The van der Waals surface area contributed by atoms with Crippen LogP contribution in [0.25, 0.3) is 0 Å². The van der Waals surface area contributed by atoms with Crippen LogP contribution in [0.15, 0.2) is 30.3 Å². The van der Waals surface area contributed by atoms with Gasteiger partial charge in [-0.05, 0) is 24.1 Å². The molecule has 0 atom stereocenters. The zero-order valence-electron chi connectivity index (χ0n) is 12.9. The summed E-state index contributed by atoms with van der Waals surface area (Å²) in [6, 6.07) is 7.32. The van der Waals surface area contributed by atoms with E-state index in [1.807, 2.05) is 0 Å². The van der Waals surface area contributed by atoms with Gasteiger partial charge in [-0.2, -0.15) is 0 Å². The van der Waals surface area contributed by atoms with Crippen LogP contribution in [0.4, 0.5) is 0 Å². The minimum atomic E-state index is -0.448. The van der Waals surface area contributed by atoms with Crippen LogP contribution in [0.1, 0.15) is 22.3 Å². The Morgan fingerprint density at radius 1 is 0.913 bits per heavy atom. The lowest BCUT2D eigenvalue weighted by Gasteiger charge is -2.09. The molecule has 0 fully saturated rings. The van der Waals surface area contributed by atoms with Crippen molar-refractivity contribution in [1.29, 1.82) is 0 Å². The molecule has 2 rings (SSSR count). The van der Waals surface area contributed by atoms with Gasteiger partial charge in [-0.15, -0.1) is 0 Å². The summed E-state index contributed by atoms with van der Waals surface area (Å²) >= 11 is 0. The third-order valence-electron chi connectivity index (χ3n) is 3.41. The number of rotatable bonds is 6. The van der Waals surface area contributed by atoms with E-state index in [4.69, 9.17) is 9.47 Å². The Balaban J connectivity index is 2.16. The molecular formula is C17H18O6. The molecule has 0 aliphatic rings. The molecule has 0 heterocycles. The largest absolute Gasteiger partial charge is 0.508 e. The molecule has 0 aliphatic heterocycles. The fourth-order valence-corrected chi connectivity index (χ4v) is 2.28. The van der Waals surface area contributed by atoms with Crippen LogP contribution in [0.5, 0.6) is 28.7 Å². The monoisotopic (exact) mass is 318 g/mol. The van der Waals surface area contributed by atoms with Crippen LogP contribution >= 0.6 is 0 Å². The third-order valence-corrected chi connectivity index (χ3v) is 3.41. The summed E-state index contributed by atoms with van der Waals surface area (Å²) < 4.78 is 10.3. The van der Waals surface area contributed by atoms with Gasteiger partial charge >= 0.3 is 0 Å². The van der Waals surface area contributed by atoms with Gasteiger partial charge in [0.05, 0.1) is 14.2 Å². The Labute approximate surface area is 133 Å². The number of ether oxygens (including phenoxy) is 2. The molecule has 0 bridgehead atoms. The predicted octanol–water partition coefficient (Wildman–Crippen LogP) is 2.64. The van der Waals surface area contributed by atoms with Crippen molar-refractivity contribution in [1.82, 2.24) is 0 Å². The minimum Gasteiger partial charge on any atom is -0.508 e. The van der Waals surface area contributed by atoms with E-state index in [1.54, 1.807) is 18.2 Å². The van der Waals surface area contributed by atoms with Crippen molar-refractivity contribution in [2.45, 2.75) is 12.8 Å². The fraction of sp³-hybridized carbons (Fsp3) is 0.235. The van der Waals surface area contributed by atoms with E-state index < -0.39 is 17.3 Å². The summed E-state index contributed by atoms with van der Waals surface area (Å²) in [6.07, 6.45) is 0.453. The minimum absolute atomic E-state index is 0.0716. The summed E-state index contributed by atoms with van der Waals surface area (Å²) in [6.45, 7) is 0. The highest BCUT2D eigenvalue weighted by atomic mass is 16.5. The first-order chi connectivity index (χ1) is 10.9. The molecule has 0 radical (unpaired) electrons. The Morgan fingerprint density at radius 3 is 1.91 bits per heavy atom. The van der Waals surface area contributed by atoms with Crippen molar-refractivity contribution >= 4 is 5.78 Å². The summed E-state index contributed by atoms with van der Waals surface area (Å²) in [5, 5.41) is 28.7. The molecule has 3 N–H and O–H groups in total. The maximum Gasteiger partial charge on any atom is 0.170 e. The molecule has 6 nitrogen and oxygen atoms in total. The second-order valence-corrected chi connectivity index (χ2v) is 5.00. The zero-order chi connectivity index (χ0) is 17.0. The summed E-state index contributed by atoms with van der Waals surface area (Å²) in [7, 11) is 3.08. The first-order valence-electron chi connectivity index (χ1n) is 6.94. The number of phenolic OH excluding ortho intramolecular Hbond substituents is 3. The smallest absolute Gasteiger partial charge is 0.170 e. The highest BCUT2D eigenvalue weighted by Gasteiger charge is 2.17. The number of aromatic hydroxyl groups is 3. The second-order valence-electron chi connectivity index (χ2n) is 5.00. The molecule has 2 aromatic rings. The van der Waals surface area contributed by atoms with Crippen LogP contribution in [0, 0.1) is 0 Å². The van der Waals surface area contributed by atoms with Crippen molar-refractivity contribution in [2.75, 3.05) is 14.2 Å². The van der Waals surface area contributed by atoms with Crippen molar-refractivity contribution < 1.29 is 29.6 Å². The van der Waals surface area contributed by atoms with Crippen molar-refractivity contribution in [2.24, 2.45) is 0 Å². The first kappa shape index (κ1) is 16.5. The number of hydrogen-bond donors (Lipinski definition) is 3. The number of benzene rings is 2. The zero-order valence-corrected chi connectivity index (χ0v) is 12.9. The van der Waals surface area contributed by atoms with Gasteiger partial charge in [0.25, 0.3) is 0 Å². The van der Waals surface area contributed by atoms with Gasteiger partial charge < -0.3 is 24.8 Å². The number of phenols is 3. The van der Waals surface area contributed by atoms with Gasteiger partial charge in [0.15, 0.2) is 5.78 Å². The summed E-state index contributed by atoms with van der Waals surface area (Å²) in [5.74, 6) is -0.411. The molecule has 0 saturated carbocycles. The van der Waals surface area contributed by atoms with E-state index in [2.05, 4.69) is 0 Å².